The number of carbonyl (C=O) groups excluding carboxylic acids is 1. The molecule has 3 aromatic rings. The molecule has 0 fully saturated rings. The predicted molar refractivity (Wildman–Crippen MR) is 95.7 cm³/mol. The number of allylic oxidation sites excluding steroid dienone is 1. The first kappa shape index (κ1) is 14.0. The number of aryl methyl sites for hydroxylation is 1. The number of rotatable bonds is 2. The van der Waals surface area contributed by atoms with Crippen LogP contribution in [0.25, 0.3) is 16.8 Å². The molecule has 1 aliphatic carbocycles. The van der Waals surface area contributed by atoms with Crippen LogP contribution in [-0.4, -0.2) is 5.78 Å². The Kier molecular flexibility index (Phi) is 3.34. The Morgan fingerprint density at radius 3 is 2.35 bits per heavy atom. The predicted octanol–water partition coefficient (Wildman–Crippen LogP) is 5.22. The molecule has 0 aliphatic heterocycles. The van der Waals surface area contributed by atoms with Crippen molar-refractivity contribution in [2.24, 2.45) is 5.92 Å². The van der Waals surface area contributed by atoms with Crippen molar-refractivity contribution in [3.05, 3.63) is 89.0 Å². The first-order valence-corrected chi connectivity index (χ1v) is 8.01. The third kappa shape index (κ3) is 2.59. The fraction of sp³-hybridized carbons (Fsp3) is 0.136. The van der Waals surface area contributed by atoms with Crippen molar-refractivity contribution in [3.8, 4) is 0 Å². The van der Waals surface area contributed by atoms with Crippen molar-refractivity contribution in [1.29, 1.82) is 0 Å². The molecule has 1 nitrogen and oxygen atoms in total. The van der Waals surface area contributed by atoms with Crippen molar-refractivity contribution in [2.75, 3.05) is 0 Å². The van der Waals surface area contributed by atoms with Crippen LogP contribution in [-0.2, 0) is 6.42 Å². The van der Waals surface area contributed by atoms with Gasteiger partial charge in [-0.3, -0.25) is 4.79 Å². The lowest BCUT2D eigenvalue weighted by Crippen LogP contribution is -2.19. The van der Waals surface area contributed by atoms with Gasteiger partial charge < -0.3 is 0 Å². The second kappa shape index (κ2) is 5.51. The third-order valence-electron chi connectivity index (χ3n) is 4.60. The molecule has 112 valence electrons. The molecule has 0 heterocycles. The number of fused-ring (bicyclic) bond motifs is 2. The van der Waals surface area contributed by atoms with Gasteiger partial charge in [0.2, 0.25) is 0 Å². The van der Waals surface area contributed by atoms with E-state index in [0.717, 1.165) is 22.9 Å². The Morgan fingerprint density at radius 1 is 0.913 bits per heavy atom. The fourth-order valence-corrected chi connectivity index (χ4v) is 3.25. The van der Waals surface area contributed by atoms with Crippen molar-refractivity contribution >= 4 is 22.6 Å². The summed E-state index contributed by atoms with van der Waals surface area (Å²) in [5.74, 6) is 0.167. The molecule has 4 rings (SSSR count). The minimum absolute atomic E-state index is 0.0635. The summed E-state index contributed by atoms with van der Waals surface area (Å²) in [5, 5.41) is 2.31. The number of carbonyl (C=O) groups is 1. The van der Waals surface area contributed by atoms with Gasteiger partial charge >= 0.3 is 0 Å². The minimum atomic E-state index is -0.0635. The van der Waals surface area contributed by atoms with Gasteiger partial charge in [-0.15, -0.1) is 0 Å². The lowest BCUT2D eigenvalue weighted by Gasteiger charge is -2.19. The molecule has 1 heteroatoms. The van der Waals surface area contributed by atoms with Crippen LogP contribution in [0, 0.1) is 12.8 Å². The highest BCUT2D eigenvalue weighted by Gasteiger charge is 2.24. The molecule has 0 saturated carbocycles. The quantitative estimate of drug-likeness (QED) is 0.634. The van der Waals surface area contributed by atoms with Gasteiger partial charge in [-0.1, -0.05) is 66.2 Å². The molecule has 0 spiro atoms. The maximum absolute atomic E-state index is 12.9. The molecule has 0 saturated heterocycles. The van der Waals surface area contributed by atoms with E-state index in [1.165, 1.54) is 16.5 Å². The Bertz CT molecular complexity index is 916. The minimum Gasteiger partial charge on any atom is -0.293 e. The summed E-state index contributed by atoms with van der Waals surface area (Å²) in [6.07, 6.45) is 4.92. The summed E-state index contributed by atoms with van der Waals surface area (Å²) in [6.45, 7) is 2.08. The smallest absolute Gasteiger partial charge is 0.170 e. The SMILES string of the molecule is Cc1ccc(CC2C=Cc3cc4ccccc4cc3C2=O)cc1. The van der Waals surface area contributed by atoms with Crippen LogP contribution in [0.4, 0.5) is 0 Å². The van der Waals surface area contributed by atoms with Gasteiger partial charge in [0, 0.05) is 11.5 Å². The normalized spacial score (nSPS) is 16.6. The van der Waals surface area contributed by atoms with Gasteiger partial charge in [-0.05, 0) is 47.4 Å². The average molecular weight is 298 g/mol. The Labute approximate surface area is 136 Å². The van der Waals surface area contributed by atoms with E-state index >= 15 is 0 Å². The number of hydrogen-bond donors (Lipinski definition) is 0. The summed E-state index contributed by atoms with van der Waals surface area (Å²) in [6, 6.07) is 20.8. The van der Waals surface area contributed by atoms with Gasteiger partial charge in [-0.2, -0.15) is 0 Å². The van der Waals surface area contributed by atoms with Crippen LogP contribution in [0.5, 0.6) is 0 Å². The Balaban J connectivity index is 1.69. The van der Waals surface area contributed by atoms with E-state index in [9.17, 15) is 4.79 Å². The van der Waals surface area contributed by atoms with Crippen molar-refractivity contribution in [3.63, 3.8) is 0 Å². The summed E-state index contributed by atoms with van der Waals surface area (Å²) >= 11 is 0. The topological polar surface area (TPSA) is 17.1 Å². The van der Waals surface area contributed by atoms with Gasteiger partial charge in [0.25, 0.3) is 0 Å². The Morgan fingerprint density at radius 2 is 1.61 bits per heavy atom. The van der Waals surface area contributed by atoms with E-state index in [4.69, 9.17) is 0 Å². The van der Waals surface area contributed by atoms with E-state index in [0.29, 0.717) is 0 Å². The molecular weight excluding hydrogens is 280 g/mol. The number of benzene rings is 3. The van der Waals surface area contributed by atoms with Crippen molar-refractivity contribution in [2.45, 2.75) is 13.3 Å². The molecule has 23 heavy (non-hydrogen) atoms. The van der Waals surface area contributed by atoms with Gasteiger partial charge in [0.15, 0.2) is 5.78 Å². The van der Waals surface area contributed by atoms with Gasteiger partial charge in [0.1, 0.15) is 0 Å². The molecule has 0 aromatic heterocycles. The van der Waals surface area contributed by atoms with E-state index in [1.807, 2.05) is 18.2 Å². The maximum atomic E-state index is 12.9. The molecule has 1 atom stereocenters. The molecule has 1 unspecified atom stereocenters. The standard InChI is InChI=1S/C22H18O/c1-15-6-8-16(9-7-15)12-20-11-10-19-13-17-4-2-3-5-18(17)14-21(19)22(20)23/h2-11,13-14,20H,12H2,1H3. The van der Waals surface area contributed by atoms with E-state index in [-0.39, 0.29) is 11.7 Å². The van der Waals surface area contributed by atoms with E-state index < -0.39 is 0 Å². The zero-order valence-corrected chi connectivity index (χ0v) is 13.1. The first-order chi connectivity index (χ1) is 11.2. The van der Waals surface area contributed by atoms with Crippen LogP contribution < -0.4 is 0 Å². The second-order valence-corrected chi connectivity index (χ2v) is 6.31. The van der Waals surface area contributed by atoms with Crippen molar-refractivity contribution < 1.29 is 4.79 Å². The van der Waals surface area contributed by atoms with Crippen LogP contribution >= 0.6 is 0 Å². The molecule has 0 N–H and O–H groups in total. The molecule has 1 aliphatic rings. The Hall–Kier alpha value is -2.67. The number of Topliss-reactive ketones (excluding diaryl/α,β-unsaturated/α-hetero) is 1. The molecule has 0 bridgehead atoms. The lowest BCUT2D eigenvalue weighted by atomic mass is 9.83. The summed E-state index contributed by atoms with van der Waals surface area (Å²) in [7, 11) is 0. The summed E-state index contributed by atoms with van der Waals surface area (Å²) in [4.78, 5) is 12.9. The molecular formula is C22H18O. The van der Waals surface area contributed by atoms with E-state index in [1.54, 1.807) is 0 Å². The average Bonchev–Trinajstić information content (AvgIpc) is 2.58. The largest absolute Gasteiger partial charge is 0.293 e. The number of hydrogen-bond acceptors (Lipinski definition) is 1. The third-order valence-corrected chi connectivity index (χ3v) is 4.60. The first-order valence-electron chi connectivity index (χ1n) is 8.01. The van der Waals surface area contributed by atoms with Gasteiger partial charge in [0.05, 0.1) is 0 Å². The fourth-order valence-electron chi connectivity index (χ4n) is 3.25. The van der Waals surface area contributed by atoms with E-state index in [2.05, 4.69) is 61.5 Å². The highest BCUT2D eigenvalue weighted by Crippen LogP contribution is 2.29. The summed E-state index contributed by atoms with van der Waals surface area (Å²) in [5.41, 5.74) is 4.34. The molecule has 3 aromatic carbocycles. The zero-order chi connectivity index (χ0) is 15.8. The molecule has 0 radical (unpaired) electrons. The van der Waals surface area contributed by atoms with Gasteiger partial charge in [-0.25, -0.2) is 0 Å². The zero-order valence-electron chi connectivity index (χ0n) is 13.1. The number of ketones is 1. The molecule has 0 amide bonds. The van der Waals surface area contributed by atoms with Crippen LogP contribution in [0.3, 0.4) is 0 Å². The highest BCUT2D eigenvalue weighted by atomic mass is 16.1. The summed E-state index contributed by atoms with van der Waals surface area (Å²) < 4.78 is 0. The highest BCUT2D eigenvalue weighted by molar-refractivity contribution is 6.07. The lowest BCUT2D eigenvalue weighted by molar-refractivity contribution is 0.0943. The maximum Gasteiger partial charge on any atom is 0.170 e. The van der Waals surface area contributed by atoms with Crippen LogP contribution in [0.1, 0.15) is 27.0 Å². The van der Waals surface area contributed by atoms with Crippen LogP contribution in [0.2, 0.25) is 0 Å². The van der Waals surface area contributed by atoms with Crippen LogP contribution in [0.15, 0.2) is 66.7 Å². The van der Waals surface area contributed by atoms with Crippen molar-refractivity contribution in [1.82, 2.24) is 0 Å². The monoisotopic (exact) mass is 298 g/mol. The second-order valence-electron chi connectivity index (χ2n) is 6.31.